The number of rotatable bonds is 4. The van der Waals surface area contributed by atoms with Gasteiger partial charge in [0, 0.05) is 25.1 Å². The van der Waals surface area contributed by atoms with Gasteiger partial charge in [-0.15, -0.1) is 0 Å². The van der Waals surface area contributed by atoms with E-state index in [0.29, 0.717) is 0 Å². The summed E-state index contributed by atoms with van der Waals surface area (Å²) >= 11 is 0. The van der Waals surface area contributed by atoms with Crippen LogP contribution in [0.3, 0.4) is 0 Å². The second-order valence-corrected chi connectivity index (χ2v) is 4.32. The van der Waals surface area contributed by atoms with E-state index in [0.717, 1.165) is 12.0 Å². The molecule has 6 nitrogen and oxygen atoms in total. The summed E-state index contributed by atoms with van der Waals surface area (Å²) in [7, 11) is 3.02. The zero-order valence-electron chi connectivity index (χ0n) is 10.2. The quantitative estimate of drug-likeness (QED) is 0.602. The number of hydrogen-bond acceptors (Lipinski definition) is 4. The summed E-state index contributed by atoms with van der Waals surface area (Å²) in [5, 5.41) is 11.7. The van der Waals surface area contributed by atoms with Gasteiger partial charge >= 0.3 is 0 Å². The number of carbonyl (C=O) groups is 1. The molecule has 96 valence electrons. The molecule has 0 spiro atoms. The molecule has 0 bridgehead atoms. The molecule has 0 aliphatic heterocycles. The standard InChI is InChI=1S/C12H14N2O4/c1-13(18-2)12(15)11-7-10(11)8-3-5-9(6-4-8)14(16)17/h3-6,10-11H,7H2,1-2H3/t10-,11+/m0/s1. The highest BCUT2D eigenvalue weighted by Crippen LogP contribution is 2.48. The van der Waals surface area contributed by atoms with Crippen LogP contribution in [0.25, 0.3) is 0 Å². The Morgan fingerprint density at radius 3 is 2.56 bits per heavy atom. The molecular weight excluding hydrogens is 236 g/mol. The van der Waals surface area contributed by atoms with Crippen LogP contribution in [-0.4, -0.2) is 30.1 Å². The van der Waals surface area contributed by atoms with Crippen molar-refractivity contribution in [2.24, 2.45) is 5.92 Å². The molecule has 1 aromatic carbocycles. The van der Waals surface area contributed by atoms with Gasteiger partial charge in [-0.05, 0) is 17.9 Å². The lowest BCUT2D eigenvalue weighted by Crippen LogP contribution is -2.27. The smallest absolute Gasteiger partial charge is 0.269 e. The van der Waals surface area contributed by atoms with E-state index in [1.54, 1.807) is 19.2 Å². The molecule has 0 heterocycles. The van der Waals surface area contributed by atoms with Gasteiger partial charge in [0.05, 0.1) is 12.0 Å². The lowest BCUT2D eigenvalue weighted by atomic mass is 10.1. The highest BCUT2D eigenvalue weighted by Gasteiger charge is 2.45. The molecule has 2 rings (SSSR count). The fourth-order valence-corrected chi connectivity index (χ4v) is 2.00. The zero-order chi connectivity index (χ0) is 13.3. The van der Waals surface area contributed by atoms with E-state index in [4.69, 9.17) is 4.84 Å². The maximum absolute atomic E-state index is 11.8. The van der Waals surface area contributed by atoms with Gasteiger partial charge in [0.2, 0.25) is 5.91 Å². The Balaban J connectivity index is 2.03. The molecule has 0 saturated heterocycles. The monoisotopic (exact) mass is 250 g/mol. The van der Waals surface area contributed by atoms with Crippen molar-refractivity contribution in [2.45, 2.75) is 12.3 Å². The average Bonchev–Trinajstić information content (AvgIpc) is 3.17. The van der Waals surface area contributed by atoms with Gasteiger partial charge in [-0.25, -0.2) is 5.06 Å². The first-order valence-electron chi connectivity index (χ1n) is 5.60. The molecule has 0 N–H and O–H groups in total. The van der Waals surface area contributed by atoms with Crippen LogP contribution in [0.5, 0.6) is 0 Å². The minimum atomic E-state index is -0.433. The summed E-state index contributed by atoms with van der Waals surface area (Å²) in [6.07, 6.45) is 0.768. The Morgan fingerprint density at radius 2 is 2.06 bits per heavy atom. The Labute approximate surface area is 104 Å². The molecule has 1 saturated carbocycles. The van der Waals surface area contributed by atoms with Crippen LogP contribution in [0.15, 0.2) is 24.3 Å². The van der Waals surface area contributed by atoms with E-state index >= 15 is 0 Å². The van der Waals surface area contributed by atoms with Crippen LogP contribution in [0.1, 0.15) is 17.9 Å². The Bertz CT molecular complexity index is 471. The van der Waals surface area contributed by atoms with Crippen molar-refractivity contribution >= 4 is 11.6 Å². The fraction of sp³-hybridized carbons (Fsp3) is 0.417. The van der Waals surface area contributed by atoms with Crippen LogP contribution >= 0.6 is 0 Å². The van der Waals surface area contributed by atoms with Crippen LogP contribution in [0.2, 0.25) is 0 Å². The van der Waals surface area contributed by atoms with Crippen molar-refractivity contribution in [1.29, 1.82) is 0 Å². The molecule has 1 aromatic rings. The molecule has 1 aliphatic carbocycles. The number of nitrogens with zero attached hydrogens (tertiary/aromatic N) is 2. The molecule has 18 heavy (non-hydrogen) atoms. The fourth-order valence-electron chi connectivity index (χ4n) is 2.00. The Hall–Kier alpha value is -1.95. The van der Waals surface area contributed by atoms with Gasteiger partial charge in [0.15, 0.2) is 0 Å². The minimum Gasteiger partial charge on any atom is -0.275 e. The second kappa shape index (κ2) is 4.73. The van der Waals surface area contributed by atoms with Crippen LogP contribution < -0.4 is 0 Å². The molecule has 0 aromatic heterocycles. The van der Waals surface area contributed by atoms with Gasteiger partial charge in [-0.3, -0.25) is 19.7 Å². The van der Waals surface area contributed by atoms with Crippen LogP contribution in [0.4, 0.5) is 5.69 Å². The zero-order valence-corrected chi connectivity index (χ0v) is 10.2. The molecule has 1 fully saturated rings. The summed E-state index contributed by atoms with van der Waals surface area (Å²) in [4.78, 5) is 26.7. The Morgan fingerprint density at radius 1 is 1.44 bits per heavy atom. The van der Waals surface area contributed by atoms with E-state index in [-0.39, 0.29) is 23.4 Å². The maximum atomic E-state index is 11.8. The van der Waals surface area contributed by atoms with E-state index < -0.39 is 4.92 Å². The lowest BCUT2D eigenvalue weighted by molar-refractivity contribution is -0.384. The predicted octanol–water partition coefficient (Wildman–Crippen LogP) is 1.72. The van der Waals surface area contributed by atoms with E-state index in [9.17, 15) is 14.9 Å². The number of benzene rings is 1. The third-order valence-electron chi connectivity index (χ3n) is 3.22. The van der Waals surface area contributed by atoms with Crippen molar-refractivity contribution in [3.63, 3.8) is 0 Å². The number of non-ortho nitro benzene ring substituents is 1. The molecule has 1 aliphatic rings. The maximum Gasteiger partial charge on any atom is 0.269 e. The highest BCUT2D eigenvalue weighted by molar-refractivity contribution is 5.81. The number of nitro groups is 1. The first-order chi connectivity index (χ1) is 8.54. The minimum absolute atomic E-state index is 0.0548. The average molecular weight is 250 g/mol. The number of hydroxylamine groups is 2. The Kier molecular flexibility index (Phi) is 3.29. The third-order valence-corrected chi connectivity index (χ3v) is 3.22. The summed E-state index contributed by atoms with van der Waals surface area (Å²) in [6, 6.07) is 6.36. The normalized spacial score (nSPS) is 21.4. The summed E-state index contributed by atoms with van der Waals surface area (Å²) in [5.41, 5.74) is 1.03. The van der Waals surface area contributed by atoms with Crippen molar-refractivity contribution in [1.82, 2.24) is 5.06 Å². The number of nitro benzene ring substituents is 1. The van der Waals surface area contributed by atoms with E-state index in [2.05, 4.69) is 0 Å². The van der Waals surface area contributed by atoms with Crippen molar-refractivity contribution < 1.29 is 14.6 Å². The summed E-state index contributed by atoms with van der Waals surface area (Å²) in [5.74, 6) is 0.0214. The van der Waals surface area contributed by atoms with Crippen molar-refractivity contribution in [3.8, 4) is 0 Å². The predicted molar refractivity (Wildman–Crippen MR) is 63.7 cm³/mol. The molecule has 1 amide bonds. The molecule has 2 atom stereocenters. The first kappa shape index (κ1) is 12.5. The first-order valence-corrected chi connectivity index (χ1v) is 5.60. The largest absolute Gasteiger partial charge is 0.275 e. The molecule has 0 unspecified atom stereocenters. The van der Waals surface area contributed by atoms with Gasteiger partial charge in [-0.1, -0.05) is 12.1 Å². The molecular formula is C12H14N2O4. The number of amides is 1. The van der Waals surface area contributed by atoms with Gasteiger partial charge < -0.3 is 0 Å². The number of hydrogen-bond donors (Lipinski definition) is 0. The van der Waals surface area contributed by atoms with Gasteiger partial charge in [0.1, 0.15) is 0 Å². The van der Waals surface area contributed by atoms with Crippen molar-refractivity contribution in [2.75, 3.05) is 14.2 Å². The molecule has 6 heteroatoms. The summed E-state index contributed by atoms with van der Waals surface area (Å²) in [6.45, 7) is 0. The number of carbonyl (C=O) groups excluding carboxylic acids is 1. The van der Waals surface area contributed by atoms with Gasteiger partial charge in [-0.2, -0.15) is 0 Å². The second-order valence-electron chi connectivity index (χ2n) is 4.32. The third kappa shape index (κ3) is 2.33. The summed E-state index contributed by atoms with van der Waals surface area (Å²) < 4.78 is 0. The molecule has 0 radical (unpaired) electrons. The van der Waals surface area contributed by atoms with E-state index in [1.165, 1.54) is 24.3 Å². The van der Waals surface area contributed by atoms with Crippen LogP contribution in [0, 0.1) is 16.0 Å². The van der Waals surface area contributed by atoms with E-state index in [1.807, 2.05) is 0 Å². The SMILES string of the molecule is CON(C)C(=O)[C@@H]1C[C@H]1c1ccc([N+](=O)[O-])cc1. The topological polar surface area (TPSA) is 72.7 Å². The van der Waals surface area contributed by atoms with Gasteiger partial charge in [0.25, 0.3) is 5.69 Å². The lowest BCUT2D eigenvalue weighted by Gasteiger charge is -2.13. The highest BCUT2D eigenvalue weighted by atomic mass is 16.7. The van der Waals surface area contributed by atoms with Crippen molar-refractivity contribution in [3.05, 3.63) is 39.9 Å². The van der Waals surface area contributed by atoms with Crippen LogP contribution in [-0.2, 0) is 9.63 Å².